The van der Waals surface area contributed by atoms with E-state index in [0.29, 0.717) is 18.1 Å². The van der Waals surface area contributed by atoms with Crippen LogP contribution in [0.4, 0.5) is 10.5 Å². The number of carbonyl (C=O) groups is 1. The molecule has 1 aromatic carbocycles. The fourth-order valence-corrected chi connectivity index (χ4v) is 3.30. The Morgan fingerprint density at radius 3 is 3.08 bits per heavy atom. The summed E-state index contributed by atoms with van der Waals surface area (Å²) in [5.74, 6) is 0. The number of anilines is 1. The van der Waals surface area contributed by atoms with E-state index in [0.717, 1.165) is 28.6 Å². The van der Waals surface area contributed by atoms with Crippen molar-refractivity contribution >= 4 is 34.2 Å². The molecule has 1 aliphatic rings. The number of rotatable bonds is 2. The first kappa shape index (κ1) is 15.0. The lowest BCUT2D eigenvalue weighted by Gasteiger charge is -2.18. The highest BCUT2D eigenvalue weighted by atomic mass is 35.5. The monoisotopic (exact) mass is 344 g/mol. The summed E-state index contributed by atoms with van der Waals surface area (Å²) in [5, 5.41) is 15.8. The maximum atomic E-state index is 12.5. The summed E-state index contributed by atoms with van der Waals surface area (Å²) in [6, 6.07) is 3.92. The second kappa shape index (κ2) is 5.83. The number of hydrogen-bond acceptors (Lipinski definition) is 3. The third-order valence-electron chi connectivity index (χ3n) is 4.41. The number of nitrogens with zero attached hydrogens (tertiary/aromatic N) is 4. The minimum Gasteiger partial charge on any atom is -0.322 e. The van der Waals surface area contributed by atoms with Crippen LogP contribution in [0.3, 0.4) is 0 Å². The zero-order chi connectivity index (χ0) is 16.7. The molecule has 2 N–H and O–H groups in total. The lowest BCUT2D eigenvalue weighted by molar-refractivity contribution is 0.220. The Morgan fingerprint density at radius 2 is 2.29 bits per heavy atom. The van der Waals surface area contributed by atoms with Crippen molar-refractivity contribution in [1.29, 1.82) is 0 Å². The number of halogens is 1. The molecule has 1 fully saturated rings. The van der Waals surface area contributed by atoms with Gasteiger partial charge in [-0.15, -0.1) is 0 Å². The summed E-state index contributed by atoms with van der Waals surface area (Å²) in [4.78, 5) is 14.3. The first-order valence-electron chi connectivity index (χ1n) is 7.79. The molecule has 0 aliphatic carbocycles. The average molecular weight is 345 g/mol. The highest BCUT2D eigenvalue weighted by Crippen LogP contribution is 2.25. The van der Waals surface area contributed by atoms with E-state index in [1.54, 1.807) is 23.5 Å². The van der Waals surface area contributed by atoms with Gasteiger partial charge in [-0.2, -0.15) is 10.2 Å². The van der Waals surface area contributed by atoms with Crippen molar-refractivity contribution in [2.75, 3.05) is 18.4 Å². The summed E-state index contributed by atoms with van der Waals surface area (Å²) < 4.78 is 1.83. The predicted molar refractivity (Wildman–Crippen MR) is 92.3 cm³/mol. The Labute approximate surface area is 143 Å². The lowest BCUT2D eigenvalue weighted by atomic mass is 10.1. The highest BCUT2D eigenvalue weighted by molar-refractivity contribution is 6.30. The van der Waals surface area contributed by atoms with Gasteiger partial charge in [0.25, 0.3) is 0 Å². The Morgan fingerprint density at radius 1 is 1.42 bits per heavy atom. The largest absolute Gasteiger partial charge is 0.322 e. The minimum absolute atomic E-state index is 0.103. The number of H-pyrrole nitrogens is 1. The molecular formula is C16H17ClN6O. The fourth-order valence-electron chi connectivity index (χ4n) is 3.16. The normalized spacial score (nSPS) is 17.6. The number of benzene rings is 1. The quantitative estimate of drug-likeness (QED) is 0.749. The van der Waals surface area contributed by atoms with Crippen LogP contribution in [-0.2, 0) is 0 Å². The molecule has 1 saturated heterocycles. The Balaban J connectivity index is 1.46. The SMILES string of the molecule is Cc1cc(NC(=O)N2CC[C@H](n3cc(Cl)cn3)C2)cc2[nH]ncc12. The van der Waals surface area contributed by atoms with Crippen molar-refractivity contribution in [2.45, 2.75) is 19.4 Å². The third kappa shape index (κ3) is 2.71. The van der Waals surface area contributed by atoms with Crippen molar-refractivity contribution in [3.05, 3.63) is 41.3 Å². The van der Waals surface area contributed by atoms with Gasteiger partial charge in [-0.3, -0.25) is 9.78 Å². The van der Waals surface area contributed by atoms with Crippen LogP contribution in [-0.4, -0.2) is 44.0 Å². The van der Waals surface area contributed by atoms with Gasteiger partial charge in [0.05, 0.1) is 29.0 Å². The number of hydrogen-bond donors (Lipinski definition) is 2. The molecule has 2 aromatic heterocycles. The second-order valence-corrected chi connectivity index (χ2v) is 6.52. The van der Waals surface area contributed by atoms with E-state index in [1.807, 2.05) is 23.7 Å². The molecule has 3 heterocycles. The van der Waals surface area contributed by atoms with Crippen molar-refractivity contribution in [3.8, 4) is 0 Å². The first-order valence-corrected chi connectivity index (χ1v) is 8.17. The maximum Gasteiger partial charge on any atom is 0.321 e. The van der Waals surface area contributed by atoms with Crippen LogP contribution in [0.1, 0.15) is 18.0 Å². The number of nitrogens with one attached hydrogen (secondary N) is 2. The number of carbonyl (C=O) groups excluding carboxylic acids is 1. The zero-order valence-corrected chi connectivity index (χ0v) is 13.9. The van der Waals surface area contributed by atoms with Crippen LogP contribution in [0, 0.1) is 6.92 Å². The molecule has 7 nitrogen and oxygen atoms in total. The number of urea groups is 1. The van der Waals surface area contributed by atoms with Gasteiger partial charge in [0.2, 0.25) is 0 Å². The van der Waals surface area contributed by atoms with E-state index in [9.17, 15) is 4.79 Å². The van der Waals surface area contributed by atoms with Crippen molar-refractivity contribution in [2.24, 2.45) is 0 Å². The number of aryl methyl sites for hydroxylation is 1. The first-order chi connectivity index (χ1) is 11.6. The summed E-state index contributed by atoms with van der Waals surface area (Å²) >= 11 is 5.91. The molecule has 0 spiro atoms. The molecule has 0 radical (unpaired) electrons. The van der Waals surface area contributed by atoms with Crippen LogP contribution in [0.25, 0.3) is 10.9 Å². The van der Waals surface area contributed by atoms with Gasteiger partial charge >= 0.3 is 6.03 Å². The molecule has 2 amide bonds. The predicted octanol–water partition coefficient (Wildman–Crippen LogP) is 3.20. The van der Waals surface area contributed by atoms with Crippen molar-refractivity contribution in [3.63, 3.8) is 0 Å². The van der Waals surface area contributed by atoms with Crippen LogP contribution in [0.5, 0.6) is 0 Å². The smallest absolute Gasteiger partial charge is 0.321 e. The molecule has 24 heavy (non-hydrogen) atoms. The second-order valence-electron chi connectivity index (χ2n) is 6.08. The van der Waals surface area contributed by atoms with E-state index >= 15 is 0 Å². The van der Waals surface area contributed by atoms with Gasteiger partial charge in [-0.1, -0.05) is 11.6 Å². The molecule has 1 atom stereocenters. The number of aromatic amines is 1. The number of amides is 2. The van der Waals surface area contributed by atoms with E-state index in [1.165, 1.54) is 0 Å². The van der Waals surface area contributed by atoms with Crippen molar-refractivity contribution in [1.82, 2.24) is 24.9 Å². The average Bonchev–Trinajstić information content (AvgIpc) is 3.25. The molecule has 1 aliphatic heterocycles. The Kier molecular flexibility index (Phi) is 3.65. The summed E-state index contributed by atoms with van der Waals surface area (Å²) in [6.07, 6.45) is 6.07. The van der Waals surface area contributed by atoms with Crippen molar-refractivity contribution < 1.29 is 4.79 Å². The highest BCUT2D eigenvalue weighted by Gasteiger charge is 2.28. The van der Waals surface area contributed by atoms with Crippen LogP contribution in [0.15, 0.2) is 30.7 Å². The van der Waals surface area contributed by atoms with Gasteiger partial charge in [0.1, 0.15) is 0 Å². The molecule has 4 rings (SSSR count). The van der Waals surface area contributed by atoms with Gasteiger partial charge in [-0.05, 0) is 31.0 Å². The van der Waals surface area contributed by atoms with Gasteiger partial charge < -0.3 is 10.2 Å². The standard InChI is InChI=1S/C16H17ClN6O/c1-10-4-12(5-15-14(10)7-18-21-15)20-16(24)22-3-2-13(9-22)23-8-11(17)6-19-23/h4-8,13H,2-3,9H2,1H3,(H,18,21)(H,20,24)/t13-/m0/s1. The van der Waals surface area contributed by atoms with Crippen LogP contribution in [0.2, 0.25) is 5.02 Å². The molecule has 124 valence electrons. The van der Waals surface area contributed by atoms with Gasteiger partial charge in [0, 0.05) is 30.4 Å². The third-order valence-corrected chi connectivity index (χ3v) is 4.61. The van der Waals surface area contributed by atoms with E-state index in [4.69, 9.17) is 11.6 Å². The Bertz CT molecular complexity index is 901. The molecule has 0 unspecified atom stereocenters. The maximum absolute atomic E-state index is 12.5. The van der Waals surface area contributed by atoms with E-state index < -0.39 is 0 Å². The zero-order valence-electron chi connectivity index (χ0n) is 13.2. The van der Waals surface area contributed by atoms with E-state index in [-0.39, 0.29) is 12.1 Å². The molecule has 3 aromatic rings. The minimum atomic E-state index is -0.103. The number of fused-ring (bicyclic) bond motifs is 1. The van der Waals surface area contributed by atoms with Crippen LogP contribution < -0.4 is 5.32 Å². The lowest BCUT2D eigenvalue weighted by Crippen LogP contribution is -2.33. The molecule has 0 bridgehead atoms. The van der Waals surface area contributed by atoms with E-state index in [2.05, 4.69) is 20.6 Å². The molecule has 8 heteroatoms. The van der Waals surface area contributed by atoms with Gasteiger partial charge in [0.15, 0.2) is 0 Å². The topological polar surface area (TPSA) is 78.8 Å². The summed E-state index contributed by atoms with van der Waals surface area (Å²) in [5.41, 5.74) is 2.75. The summed E-state index contributed by atoms with van der Waals surface area (Å²) in [7, 11) is 0. The molecule has 0 saturated carbocycles. The molecular weight excluding hydrogens is 328 g/mol. The fraction of sp³-hybridized carbons (Fsp3) is 0.312. The summed E-state index contributed by atoms with van der Waals surface area (Å²) in [6.45, 7) is 3.31. The number of aromatic nitrogens is 4. The van der Waals surface area contributed by atoms with Crippen LogP contribution >= 0.6 is 11.6 Å². The van der Waals surface area contributed by atoms with Gasteiger partial charge in [-0.25, -0.2) is 4.79 Å². The number of likely N-dealkylation sites (tertiary alicyclic amines) is 1. The Hall–Kier alpha value is -2.54.